The smallest absolute Gasteiger partial charge is 0.125 e. The average Bonchev–Trinajstić information content (AvgIpc) is 3.96. The van der Waals surface area contributed by atoms with Gasteiger partial charge in [-0.1, -0.05) is 71.7 Å². The summed E-state index contributed by atoms with van der Waals surface area (Å²) in [6.45, 7) is 1.81. The molecule has 2 fully saturated rings. The van der Waals surface area contributed by atoms with Crippen LogP contribution in [0.5, 0.6) is 0 Å². The number of hydrogen-bond acceptors (Lipinski definition) is 4. The second-order valence-electron chi connectivity index (χ2n) is 11.5. The van der Waals surface area contributed by atoms with Gasteiger partial charge in [0, 0.05) is 23.0 Å². The molecule has 0 saturated carbocycles. The number of hydrogen-bond donors (Lipinski definition) is 1. The summed E-state index contributed by atoms with van der Waals surface area (Å²) >= 11 is 17.8. The summed E-state index contributed by atoms with van der Waals surface area (Å²) in [5.41, 5.74) is 4.16. The zero-order valence-corrected chi connectivity index (χ0v) is 28.4. The number of rotatable bonds is 7. The Morgan fingerprint density at radius 3 is 1.55 bits per heavy atom. The van der Waals surface area contributed by atoms with Crippen molar-refractivity contribution in [2.24, 2.45) is 0 Å². The van der Waals surface area contributed by atoms with Gasteiger partial charge >= 0.3 is 0 Å². The van der Waals surface area contributed by atoms with E-state index in [0.717, 1.165) is 35.5 Å². The highest BCUT2D eigenvalue weighted by Crippen LogP contribution is 2.22. The third-order valence-corrected chi connectivity index (χ3v) is 8.81. The van der Waals surface area contributed by atoms with Gasteiger partial charge in [0.1, 0.15) is 11.6 Å². The number of likely N-dealkylation sites (tertiary alicyclic amines) is 1. The van der Waals surface area contributed by atoms with Crippen molar-refractivity contribution in [2.45, 2.75) is 51.1 Å². The van der Waals surface area contributed by atoms with Crippen LogP contribution in [-0.2, 0) is 25.4 Å². The third-order valence-electron chi connectivity index (χ3n) is 8.07. The van der Waals surface area contributed by atoms with Crippen molar-refractivity contribution in [3.8, 4) is 0 Å². The van der Waals surface area contributed by atoms with Gasteiger partial charge in [-0.3, -0.25) is 4.90 Å². The fraction of sp³-hybridized carbons (Fsp3) is 0.316. The van der Waals surface area contributed by atoms with Crippen LogP contribution in [0.1, 0.15) is 53.9 Å². The number of aromatic nitrogens is 4. The first-order chi connectivity index (χ1) is 24.6. The van der Waals surface area contributed by atoms with Gasteiger partial charge in [0.25, 0.3) is 0 Å². The summed E-state index contributed by atoms with van der Waals surface area (Å²) in [5, 5.41) is 4.40. The van der Waals surface area contributed by atoms with Crippen LogP contribution < -0.4 is 5.32 Å². The Hall–Kier alpha value is -3.39. The van der Waals surface area contributed by atoms with Crippen molar-refractivity contribution in [2.75, 3.05) is 26.2 Å². The first kappa shape index (κ1) is 28.6. The summed E-state index contributed by atoms with van der Waals surface area (Å²) in [7, 11) is 0. The molecule has 4 heterocycles. The van der Waals surface area contributed by atoms with Gasteiger partial charge in [-0.15, -0.1) is 11.6 Å². The summed E-state index contributed by atoms with van der Waals surface area (Å²) in [6.07, 6.45) is 5.18. The minimum atomic E-state index is -1.76. The Bertz CT molecular complexity index is 2030. The highest BCUT2D eigenvalue weighted by atomic mass is 35.5. The lowest BCUT2D eigenvalue weighted by molar-refractivity contribution is 0.318. The Morgan fingerprint density at radius 2 is 1.09 bits per heavy atom. The second kappa shape index (κ2) is 16.6. The zero-order valence-electron chi connectivity index (χ0n) is 30.2. The van der Waals surface area contributed by atoms with Gasteiger partial charge < -0.3 is 14.5 Å². The molecule has 244 valence electrons. The molecule has 4 aromatic carbocycles. The number of halogens is 3. The van der Waals surface area contributed by atoms with Crippen LogP contribution in [0.25, 0.3) is 22.1 Å². The Balaban J connectivity index is 0.000000156. The van der Waals surface area contributed by atoms with Crippen LogP contribution in [-0.4, -0.2) is 50.2 Å². The molecule has 47 heavy (non-hydrogen) atoms. The van der Waals surface area contributed by atoms with E-state index in [0.29, 0.717) is 39.1 Å². The molecule has 9 heteroatoms. The molecule has 0 aliphatic carbocycles. The standard InChI is InChI=1S/C19H20ClN3.C15H12Cl2N2.C4H9N/c20-16-9-7-15(8-10-16)13-23-18-6-2-1-5-17(18)21-19(23)14-22-11-3-4-12-22;16-9-15-18-13-3-1-2-4-14(13)19(15)10-11-5-7-12(17)8-6-11;1-2-4-5-3-1/h1-2,5-10H,3-4,11-14H2;1-8H,9-10H2;5H,1-4H2/i13D2;10D2;. The zero-order chi connectivity index (χ0) is 36.0. The van der Waals surface area contributed by atoms with Crippen LogP contribution >= 0.6 is 34.8 Å². The molecule has 2 aliphatic heterocycles. The highest BCUT2D eigenvalue weighted by molar-refractivity contribution is 6.30. The minimum absolute atomic E-state index is 0.141. The monoisotopic (exact) mass is 690 g/mol. The molecule has 6 nitrogen and oxygen atoms in total. The number of fused-ring (bicyclic) bond motifs is 2. The van der Waals surface area contributed by atoms with E-state index in [1.165, 1.54) is 38.8 Å². The average molecular weight is 692 g/mol. The maximum absolute atomic E-state index is 8.82. The van der Waals surface area contributed by atoms with E-state index in [4.69, 9.17) is 45.3 Å². The number of benzene rings is 4. The van der Waals surface area contributed by atoms with Gasteiger partial charge in [0.2, 0.25) is 0 Å². The van der Waals surface area contributed by atoms with E-state index in [1.54, 1.807) is 57.7 Å². The van der Waals surface area contributed by atoms with Crippen LogP contribution in [0.15, 0.2) is 97.1 Å². The normalized spacial score (nSPS) is 16.5. The van der Waals surface area contributed by atoms with Crippen molar-refractivity contribution >= 4 is 56.9 Å². The maximum Gasteiger partial charge on any atom is 0.125 e. The Labute approximate surface area is 297 Å². The third kappa shape index (κ3) is 8.95. The maximum atomic E-state index is 8.82. The lowest BCUT2D eigenvalue weighted by Crippen LogP contribution is -2.21. The second-order valence-corrected chi connectivity index (χ2v) is 12.7. The molecule has 2 saturated heterocycles. The fourth-order valence-corrected chi connectivity index (χ4v) is 6.10. The van der Waals surface area contributed by atoms with Crippen molar-refractivity contribution in [3.05, 3.63) is 130 Å². The number of imidazole rings is 2. The largest absolute Gasteiger partial charge is 0.322 e. The SMILES string of the molecule is C1CCNC1.[2H]C([2H])(c1ccc(Cl)cc1)n1c(CCl)nc2ccccc21.[2H]C([2H])(c1ccc(Cl)cc1)n1c(CN2CCCC2)nc2ccccc21. The molecule has 0 radical (unpaired) electrons. The van der Waals surface area contributed by atoms with E-state index in [-0.39, 0.29) is 5.88 Å². The van der Waals surface area contributed by atoms with Crippen LogP contribution in [0.2, 0.25) is 10.0 Å². The lowest BCUT2D eigenvalue weighted by atomic mass is 10.2. The van der Waals surface area contributed by atoms with Gasteiger partial charge in [0.05, 0.1) is 40.0 Å². The molecule has 0 bridgehead atoms. The van der Waals surface area contributed by atoms with Crippen molar-refractivity contribution < 1.29 is 5.48 Å². The van der Waals surface area contributed by atoms with E-state index in [9.17, 15) is 0 Å². The molecule has 2 aliphatic rings. The predicted molar refractivity (Wildman–Crippen MR) is 197 cm³/mol. The first-order valence-electron chi connectivity index (χ1n) is 18.0. The quantitative estimate of drug-likeness (QED) is 0.170. The molecule has 6 aromatic rings. The molecule has 0 spiro atoms. The highest BCUT2D eigenvalue weighted by Gasteiger charge is 2.17. The van der Waals surface area contributed by atoms with Crippen LogP contribution in [0.3, 0.4) is 0 Å². The molecule has 8 rings (SSSR count). The molecule has 2 aromatic heterocycles. The molecule has 1 N–H and O–H groups in total. The Morgan fingerprint density at radius 1 is 0.617 bits per heavy atom. The van der Waals surface area contributed by atoms with Gasteiger partial charge in [-0.2, -0.15) is 0 Å². The molecule has 0 amide bonds. The van der Waals surface area contributed by atoms with Crippen molar-refractivity contribution in [1.29, 1.82) is 0 Å². The van der Waals surface area contributed by atoms with Crippen LogP contribution in [0.4, 0.5) is 0 Å². The summed E-state index contributed by atoms with van der Waals surface area (Å²) in [4.78, 5) is 11.5. The van der Waals surface area contributed by atoms with Crippen LogP contribution in [0, 0.1) is 0 Å². The number of para-hydroxylation sites is 4. The van der Waals surface area contributed by atoms with E-state index in [2.05, 4.69) is 15.2 Å². The van der Waals surface area contributed by atoms with Gasteiger partial charge in [-0.05, 0) is 112 Å². The summed E-state index contributed by atoms with van der Waals surface area (Å²) in [6, 6.07) is 28.8. The van der Waals surface area contributed by atoms with Crippen molar-refractivity contribution in [3.63, 3.8) is 0 Å². The van der Waals surface area contributed by atoms with Gasteiger partial charge in [0.15, 0.2) is 0 Å². The number of nitrogens with zero attached hydrogens (tertiary/aromatic N) is 5. The summed E-state index contributed by atoms with van der Waals surface area (Å²) in [5.74, 6) is 1.41. The lowest BCUT2D eigenvalue weighted by Gasteiger charge is -2.16. The fourth-order valence-electron chi connectivity index (χ4n) is 5.67. The first-order valence-corrected chi connectivity index (χ1v) is 17.3. The number of alkyl halides is 1. The molecular formula is C38H41Cl3N6. The van der Waals surface area contributed by atoms with Crippen molar-refractivity contribution in [1.82, 2.24) is 29.3 Å². The summed E-state index contributed by atoms with van der Waals surface area (Å²) < 4.78 is 37.9. The van der Waals surface area contributed by atoms with E-state index in [1.807, 2.05) is 48.5 Å². The van der Waals surface area contributed by atoms with E-state index < -0.39 is 13.0 Å². The Kier molecular flexibility index (Phi) is 10.1. The van der Waals surface area contributed by atoms with Gasteiger partial charge in [-0.25, -0.2) is 9.97 Å². The van der Waals surface area contributed by atoms with E-state index >= 15 is 0 Å². The number of nitrogens with one attached hydrogen (secondary N) is 1. The molecular weight excluding hydrogens is 647 g/mol. The topological polar surface area (TPSA) is 50.9 Å². The molecule has 0 unspecified atom stereocenters. The predicted octanol–water partition coefficient (Wildman–Crippen LogP) is 9.18. The minimum Gasteiger partial charge on any atom is -0.322 e. The molecule has 0 atom stereocenters.